The summed E-state index contributed by atoms with van der Waals surface area (Å²) in [6.45, 7) is 3.84. The van der Waals surface area contributed by atoms with Crippen molar-refractivity contribution in [1.29, 1.82) is 0 Å². The van der Waals surface area contributed by atoms with Gasteiger partial charge in [0.05, 0.1) is 6.61 Å². The Balaban J connectivity index is 1.20. The largest absolute Gasteiger partial charge is 0.366 e. The van der Waals surface area contributed by atoms with Crippen LogP contribution in [0.25, 0.3) is 0 Å². The number of rotatable bonds is 7. The van der Waals surface area contributed by atoms with E-state index in [2.05, 4.69) is 26.9 Å². The van der Waals surface area contributed by atoms with E-state index in [1.54, 1.807) is 4.90 Å². The maximum atomic E-state index is 6.34. The molecule has 0 spiro atoms. The molecule has 27 heavy (non-hydrogen) atoms. The highest BCUT2D eigenvalue weighted by Gasteiger charge is 2.36. The lowest BCUT2D eigenvalue weighted by Crippen LogP contribution is -3.13. The van der Waals surface area contributed by atoms with Crippen molar-refractivity contribution in [3.8, 4) is 0 Å². The molecule has 2 atom stereocenters. The number of ether oxygens (including phenoxy) is 1. The molecule has 1 aliphatic heterocycles. The van der Waals surface area contributed by atoms with Crippen LogP contribution in [0.15, 0.2) is 29.4 Å². The number of benzene rings is 1. The maximum Gasteiger partial charge on any atom is 0.191 e. The van der Waals surface area contributed by atoms with Crippen LogP contribution in [0.4, 0.5) is 0 Å². The quantitative estimate of drug-likeness (QED) is 0.719. The van der Waals surface area contributed by atoms with Gasteiger partial charge in [-0.1, -0.05) is 41.6 Å². The molecule has 1 saturated heterocycles. The summed E-state index contributed by atoms with van der Waals surface area (Å²) in [5, 5.41) is 11.0. The first-order valence-corrected chi connectivity index (χ1v) is 11.4. The summed E-state index contributed by atoms with van der Waals surface area (Å²) in [6, 6.07) is 8.81. The number of hydrogen-bond acceptors (Lipinski definition) is 4. The average molecular weight is 406 g/mol. The second-order valence-corrected chi connectivity index (χ2v) is 9.39. The number of nitrogens with one attached hydrogen (secondary N) is 1. The number of nitrogens with zero attached hydrogens (tertiary/aromatic N) is 3. The SMILES string of the molecule is Clc1ccccc1C[NH+]1CCO[C@H](CSc2nnc(C3CC3)n2C2CC2)C1. The highest BCUT2D eigenvalue weighted by Crippen LogP contribution is 2.46. The topological polar surface area (TPSA) is 44.4 Å². The Morgan fingerprint density at radius 1 is 1.19 bits per heavy atom. The smallest absolute Gasteiger partial charge is 0.191 e. The van der Waals surface area contributed by atoms with Crippen molar-refractivity contribution < 1.29 is 9.64 Å². The second-order valence-electron chi connectivity index (χ2n) is 7.99. The minimum absolute atomic E-state index is 0.259. The van der Waals surface area contributed by atoms with Crippen LogP contribution in [-0.2, 0) is 11.3 Å². The van der Waals surface area contributed by atoms with Gasteiger partial charge >= 0.3 is 0 Å². The molecule has 0 amide bonds. The highest BCUT2D eigenvalue weighted by molar-refractivity contribution is 7.99. The molecule has 5 nitrogen and oxygen atoms in total. The number of morpholine rings is 1. The summed E-state index contributed by atoms with van der Waals surface area (Å²) < 4.78 is 8.48. The molecule has 2 heterocycles. The van der Waals surface area contributed by atoms with E-state index in [0.717, 1.165) is 42.2 Å². The van der Waals surface area contributed by atoms with Gasteiger partial charge in [0.2, 0.25) is 0 Å². The van der Waals surface area contributed by atoms with Crippen LogP contribution in [0, 0.1) is 0 Å². The lowest BCUT2D eigenvalue weighted by Gasteiger charge is -2.30. The normalized spacial score (nSPS) is 25.7. The van der Waals surface area contributed by atoms with Crippen molar-refractivity contribution in [3.05, 3.63) is 40.7 Å². The van der Waals surface area contributed by atoms with Crippen LogP contribution in [0.5, 0.6) is 0 Å². The zero-order valence-corrected chi connectivity index (χ0v) is 17.0. The summed E-state index contributed by atoms with van der Waals surface area (Å²) >= 11 is 8.16. The molecule has 2 aromatic rings. The molecule has 1 aromatic carbocycles. The van der Waals surface area contributed by atoms with Crippen LogP contribution >= 0.6 is 23.4 Å². The number of quaternary nitrogens is 1. The maximum absolute atomic E-state index is 6.34. The van der Waals surface area contributed by atoms with E-state index < -0.39 is 0 Å². The fraction of sp³-hybridized carbons (Fsp3) is 0.600. The zero-order valence-electron chi connectivity index (χ0n) is 15.4. The van der Waals surface area contributed by atoms with Crippen molar-refractivity contribution in [3.63, 3.8) is 0 Å². The molecule has 7 heteroatoms. The Kier molecular flexibility index (Phi) is 5.15. The predicted octanol–water partition coefficient (Wildman–Crippen LogP) is 2.72. The predicted molar refractivity (Wildman–Crippen MR) is 107 cm³/mol. The Morgan fingerprint density at radius 3 is 2.81 bits per heavy atom. The lowest BCUT2D eigenvalue weighted by molar-refractivity contribution is -0.924. The van der Waals surface area contributed by atoms with Crippen LogP contribution in [0.2, 0.25) is 5.02 Å². The zero-order chi connectivity index (χ0) is 18.2. The molecular weight excluding hydrogens is 380 g/mol. The summed E-state index contributed by atoms with van der Waals surface area (Å²) in [5.41, 5.74) is 1.23. The van der Waals surface area contributed by atoms with Gasteiger partial charge in [0, 0.05) is 28.3 Å². The minimum atomic E-state index is 0.259. The van der Waals surface area contributed by atoms with Gasteiger partial charge in [-0.05, 0) is 31.7 Å². The van der Waals surface area contributed by atoms with Crippen LogP contribution < -0.4 is 4.90 Å². The van der Waals surface area contributed by atoms with Crippen molar-refractivity contribution in [1.82, 2.24) is 14.8 Å². The summed E-state index contributed by atoms with van der Waals surface area (Å²) in [7, 11) is 0. The van der Waals surface area contributed by atoms with Gasteiger partial charge in [0.1, 0.15) is 31.6 Å². The molecule has 2 saturated carbocycles. The van der Waals surface area contributed by atoms with E-state index in [0.29, 0.717) is 12.0 Å². The van der Waals surface area contributed by atoms with Gasteiger partial charge in [-0.3, -0.25) is 0 Å². The Bertz CT molecular complexity index is 805. The van der Waals surface area contributed by atoms with Crippen LogP contribution in [-0.4, -0.2) is 46.3 Å². The molecule has 0 radical (unpaired) electrons. The van der Waals surface area contributed by atoms with Gasteiger partial charge in [-0.2, -0.15) is 0 Å². The van der Waals surface area contributed by atoms with Gasteiger partial charge in [0.15, 0.2) is 5.16 Å². The third-order valence-electron chi connectivity index (χ3n) is 5.67. The van der Waals surface area contributed by atoms with Gasteiger partial charge in [-0.25, -0.2) is 0 Å². The fourth-order valence-electron chi connectivity index (χ4n) is 3.88. The van der Waals surface area contributed by atoms with Gasteiger partial charge in [0.25, 0.3) is 0 Å². The fourth-order valence-corrected chi connectivity index (χ4v) is 5.11. The summed E-state index contributed by atoms with van der Waals surface area (Å²) in [6.07, 6.45) is 5.38. The Morgan fingerprint density at radius 2 is 2.04 bits per heavy atom. The molecule has 1 unspecified atom stereocenters. The standard InChI is InChI=1S/C20H25ClN4OS/c21-18-4-2-1-3-15(18)11-24-9-10-26-17(12-24)13-27-20-23-22-19(14-5-6-14)25(20)16-7-8-16/h1-4,14,16-17H,5-13H2/p+1/t17-/m0/s1. The van der Waals surface area contributed by atoms with E-state index in [9.17, 15) is 0 Å². The van der Waals surface area contributed by atoms with Gasteiger partial charge < -0.3 is 14.2 Å². The number of halogens is 1. The van der Waals surface area contributed by atoms with Crippen molar-refractivity contribution in [2.75, 3.05) is 25.4 Å². The van der Waals surface area contributed by atoms with Crippen molar-refractivity contribution in [2.45, 2.75) is 55.4 Å². The van der Waals surface area contributed by atoms with E-state index in [4.69, 9.17) is 16.3 Å². The van der Waals surface area contributed by atoms with E-state index in [-0.39, 0.29) is 6.10 Å². The van der Waals surface area contributed by atoms with Crippen LogP contribution in [0.3, 0.4) is 0 Å². The molecule has 3 fully saturated rings. The lowest BCUT2D eigenvalue weighted by atomic mass is 10.2. The first-order valence-electron chi connectivity index (χ1n) is 10.0. The molecule has 3 aliphatic rings. The summed E-state index contributed by atoms with van der Waals surface area (Å²) in [5.74, 6) is 2.84. The highest BCUT2D eigenvalue weighted by atomic mass is 35.5. The van der Waals surface area contributed by atoms with E-state index in [1.807, 2.05) is 23.9 Å². The second kappa shape index (κ2) is 7.74. The molecule has 1 aromatic heterocycles. The molecule has 1 N–H and O–H groups in total. The van der Waals surface area contributed by atoms with Crippen molar-refractivity contribution in [2.24, 2.45) is 0 Å². The monoisotopic (exact) mass is 405 g/mol. The van der Waals surface area contributed by atoms with Crippen molar-refractivity contribution >= 4 is 23.4 Å². The average Bonchev–Trinajstić information content (AvgIpc) is 3.61. The van der Waals surface area contributed by atoms with Gasteiger partial charge in [-0.15, -0.1) is 10.2 Å². The first kappa shape index (κ1) is 18.0. The molecular formula is C20H26ClN4OS+. The first-order chi connectivity index (χ1) is 13.3. The Labute approximate surface area is 169 Å². The van der Waals surface area contributed by atoms with E-state index in [1.165, 1.54) is 37.1 Å². The molecule has 0 bridgehead atoms. The summed E-state index contributed by atoms with van der Waals surface area (Å²) in [4.78, 5) is 1.54. The molecule has 2 aliphatic carbocycles. The third kappa shape index (κ3) is 4.19. The third-order valence-corrected chi connectivity index (χ3v) is 7.11. The minimum Gasteiger partial charge on any atom is -0.366 e. The Hall–Kier alpha value is -1.08. The molecule has 144 valence electrons. The number of thioether (sulfide) groups is 1. The van der Waals surface area contributed by atoms with E-state index >= 15 is 0 Å². The molecule has 5 rings (SSSR count). The number of aromatic nitrogens is 3. The number of hydrogen-bond donors (Lipinski definition) is 1. The van der Waals surface area contributed by atoms with Crippen LogP contribution in [0.1, 0.15) is 49.0 Å².